The fraction of sp³-hybridized carbons (Fsp3) is 0.0303. The zero-order valence-electron chi connectivity index (χ0n) is 19.9. The fourth-order valence-corrected chi connectivity index (χ4v) is 6.65. The van der Waals surface area contributed by atoms with Crippen molar-refractivity contribution in [2.75, 3.05) is 0 Å². The number of pyridine rings is 2. The molecule has 1 aliphatic rings. The lowest BCUT2D eigenvalue weighted by atomic mass is 9.98. The molecule has 37 heavy (non-hydrogen) atoms. The van der Waals surface area contributed by atoms with Gasteiger partial charge in [-0.05, 0) is 58.0 Å². The molecule has 0 atom stereocenters. The van der Waals surface area contributed by atoms with E-state index in [-0.39, 0.29) is 0 Å². The first-order valence-corrected chi connectivity index (χ1v) is 12.6. The Hall–Kier alpha value is -4.96. The van der Waals surface area contributed by atoms with Crippen molar-refractivity contribution in [1.82, 2.24) is 18.9 Å². The van der Waals surface area contributed by atoms with Crippen LogP contribution in [0.5, 0.6) is 0 Å². The average molecular weight is 473 g/mol. The maximum Gasteiger partial charge on any atom is 0.145 e. The molecule has 0 N–H and O–H groups in total. The molecular weight excluding hydrogens is 452 g/mol. The quantitative estimate of drug-likeness (QED) is 0.229. The number of para-hydroxylation sites is 2. The number of hydrogen-bond donors (Lipinski definition) is 0. The fourth-order valence-electron chi connectivity index (χ4n) is 6.65. The molecule has 9 rings (SSSR count). The second-order valence-corrected chi connectivity index (χ2v) is 9.88. The van der Waals surface area contributed by atoms with Gasteiger partial charge in [0, 0.05) is 52.2 Å². The van der Waals surface area contributed by atoms with E-state index < -0.39 is 0 Å². The van der Waals surface area contributed by atoms with Gasteiger partial charge in [0.25, 0.3) is 0 Å². The van der Waals surface area contributed by atoms with Crippen LogP contribution in [0.15, 0.2) is 110 Å². The van der Waals surface area contributed by atoms with Gasteiger partial charge in [-0.3, -0.25) is 9.38 Å². The predicted octanol–water partition coefficient (Wildman–Crippen LogP) is 7.70. The molecule has 4 heterocycles. The van der Waals surface area contributed by atoms with E-state index in [9.17, 15) is 0 Å². The van der Waals surface area contributed by atoms with Crippen molar-refractivity contribution in [1.29, 1.82) is 0 Å². The zero-order valence-corrected chi connectivity index (χ0v) is 19.9. The summed E-state index contributed by atoms with van der Waals surface area (Å²) in [5.41, 5.74) is 11.2. The van der Waals surface area contributed by atoms with Crippen molar-refractivity contribution in [3.8, 4) is 16.8 Å². The molecular formula is C33H20N4. The summed E-state index contributed by atoms with van der Waals surface area (Å²) in [6, 6.07) is 30.8. The number of nitrogens with zero attached hydrogens (tertiary/aromatic N) is 4. The molecule has 8 aromatic rings. The average Bonchev–Trinajstić information content (AvgIpc) is 3.67. The number of rotatable bonds is 1. The summed E-state index contributed by atoms with van der Waals surface area (Å²) in [5, 5.41) is 6.35. The standard InChI is InChI=1S/C33H20N4/c1-2-6-20(7-3-1)37-28-9-5-4-8-25(28)31-26-18-27-21(22(26)12-13-29(31)37)10-11-24-23-14-15-34-19-30(23)36-17-16-35-33(36)32(24)27/h1-17,19H,18H2. The Bertz CT molecular complexity index is 2220. The van der Waals surface area contributed by atoms with Gasteiger partial charge in [0.2, 0.25) is 0 Å². The SMILES string of the molecule is c1ccc(-n2c3ccccc3c3c4c(ccc32)-c2ccc3c5ccncc5n5ccnc5c3c2C4)cc1. The smallest absolute Gasteiger partial charge is 0.145 e. The first-order chi connectivity index (χ1) is 18.4. The number of benzene rings is 4. The molecule has 4 heteroatoms. The first kappa shape index (κ1) is 19.3. The molecule has 0 amide bonds. The molecule has 1 aliphatic carbocycles. The molecule has 0 saturated heterocycles. The van der Waals surface area contributed by atoms with Crippen LogP contribution in [-0.4, -0.2) is 18.9 Å². The second kappa shape index (κ2) is 6.83. The van der Waals surface area contributed by atoms with Gasteiger partial charge in [-0.15, -0.1) is 0 Å². The minimum atomic E-state index is 0.890. The van der Waals surface area contributed by atoms with Crippen LogP contribution in [-0.2, 0) is 6.42 Å². The number of imidazole rings is 1. The molecule has 0 unspecified atom stereocenters. The third kappa shape index (κ3) is 2.37. The van der Waals surface area contributed by atoms with Gasteiger partial charge in [-0.25, -0.2) is 4.98 Å². The topological polar surface area (TPSA) is 35.1 Å². The first-order valence-electron chi connectivity index (χ1n) is 12.6. The Morgan fingerprint density at radius 1 is 0.595 bits per heavy atom. The molecule has 0 aliphatic heterocycles. The van der Waals surface area contributed by atoms with Crippen molar-refractivity contribution in [2.45, 2.75) is 6.42 Å². The molecule has 0 bridgehead atoms. The zero-order chi connectivity index (χ0) is 24.1. The molecule has 0 radical (unpaired) electrons. The molecule has 172 valence electrons. The van der Waals surface area contributed by atoms with Crippen molar-refractivity contribution < 1.29 is 0 Å². The van der Waals surface area contributed by atoms with E-state index in [4.69, 9.17) is 4.98 Å². The van der Waals surface area contributed by atoms with E-state index in [0.29, 0.717) is 0 Å². The summed E-state index contributed by atoms with van der Waals surface area (Å²) in [5.74, 6) is 0. The van der Waals surface area contributed by atoms with Gasteiger partial charge in [0.15, 0.2) is 0 Å². The van der Waals surface area contributed by atoms with Gasteiger partial charge in [0.1, 0.15) is 5.65 Å². The van der Waals surface area contributed by atoms with E-state index in [0.717, 1.165) is 17.6 Å². The number of aromatic nitrogens is 4. The second-order valence-electron chi connectivity index (χ2n) is 9.88. The van der Waals surface area contributed by atoms with Crippen LogP contribution in [0, 0.1) is 0 Å². The predicted molar refractivity (Wildman–Crippen MR) is 151 cm³/mol. The lowest BCUT2D eigenvalue weighted by Gasteiger charge is -2.11. The lowest BCUT2D eigenvalue weighted by molar-refractivity contribution is 1.18. The molecule has 0 saturated carbocycles. The lowest BCUT2D eigenvalue weighted by Crippen LogP contribution is -1.94. The summed E-state index contributed by atoms with van der Waals surface area (Å²) in [4.78, 5) is 9.22. The van der Waals surface area contributed by atoms with Gasteiger partial charge < -0.3 is 4.57 Å². The van der Waals surface area contributed by atoms with E-state index in [1.165, 1.54) is 65.9 Å². The Labute approximate surface area is 212 Å². The normalized spacial score (nSPS) is 12.8. The Morgan fingerprint density at radius 2 is 1.41 bits per heavy atom. The monoisotopic (exact) mass is 472 g/mol. The van der Waals surface area contributed by atoms with Crippen LogP contribution in [0.2, 0.25) is 0 Å². The molecule has 4 aromatic carbocycles. The minimum absolute atomic E-state index is 0.890. The highest BCUT2D eigenvalue weighted by atomic mass is 15.0. The largest absolute Gasteiger partial charge is 0.309 e. The van der Waals surface area contributed by atoms with Crippen LogP contribution in [0.1, 0.15) is 11.1 Å². The van der Waals surface area contributed by atoms with E-state index >= 15 is 0 Å². The van der Waals surface area contributed by atoms with Gasteiger partial charge in [0.05, 0.1) is 22.7 Å². The Balaban J connectivity index is 1.41. The molecule has 0 fully saturated rings. The summed E-state index contributed by atoms with van der Waals surface area (Å²) < 4.78 is 4.59. The van der Waals surface area contributed by atoms with Crippen LogP contribution in [0.3, 0.4) is 0 Å². The summed E-state index contributed by atoms with van der Waals surface area (Å²) in [6.45, 7) is 0. The third-order valence-corrected chi connectivity index (χ3v) is 8.13. The Morgan fingerprint density at radius 3 is 2.32 bits per heavy atom. The minimum Gasteiger partial charge on any atom is -0.309 e. The van der Waals surface area contributed by atoms with Gasteiger partial charge in [-0.2, -0.15) is 0 Å². The summed E-state index contributed by atoms with van der Waals surface area (Å²) in [6.07, 6.45) is 8.66. The van der Waals surface area contributed by atoms with Crippen LogP contribution >= 0.6 is 0 Å². The number of hydrogen-bond acceptors (Lipinski definition) is 2. The molecule has 4 nitrogen and oxygen atoms in total. The van der Waals surface area contributed by atoms with E-state index in [1.54, 1.807) is 0 Å². The maximum absolute atomic E-state index is 4.82. The van der Waals surface area contributed by atoms with Crippen LogP contribution in [0.4, 0.5) is 0 Å². The van der Waals surface area contributed by atoms with Crippen molar-refractivity contribution in [2.24, 2.45) is 0 Å². The van der Waals surface area contributed by atoms with E-state index in [2.05, 4.69) is 98.9 Å². The van der Waals surface area contributed by atoms with E-state index in [1.807, 2.05) is 24.8 Å². The third-order valence-electron chi connectivity index (χ3n) is 8.13. The van der Waals surface area contributed by atoms with Crippen molar-refractivity contribution in [3.05, 3.63) is 121 Å². The summed E-state index contributed by atoms with van der Waals surface area (Å²) >= 11 is 0. The Kier molecular flexibility index (Phi) is 3.55. The number of fused-ring (bicyclic) bond motifs is 14. The van der Waals surface area contributed by atoms with Crippen LogP contribution < -0.4 is 0 Å². The van der Waals surface area contributed by atoms with Crippen molar-refractivity contribution in [3.63, 3.8) is 0 Å². The highest BCUT2D eigenvalue weighted by Gasteiger charge is 2.27. The molecule has 4 aromatic heterocycles. The van der Waals surface area contributed by atoms with Gasteiger partial charge >= 0.3 is 0 Å². The molecule has 0 spiro atoms. The van der Waals surface area contributed by atoms with Crippen LogP contribution in [0.25, 0.3) is 65.9 Å². The maximum atomic E-state index is 4.82. The van der Waals surface area contributed by atoms with Crippen molar-refractivity contribution >= 4 is 49.1 Å². The summed E-state index contributed by atoms with van der Waals surface area (Å²) in [7, 11) is 0. The highest BCUT2D eigenvalue weighted by Crippen LogP contribution is 2.47. The van der Waals surface area contributed by atoms with Gasteiger partial charge in [-0.1, -0.05) is 54.6 Å². The highest BCUT2D eigenvalue weighted by molar-refractivity contribution is 6.18.